The summed E-state index contributed by atoms with van der Waals surface area (Å²) in [5.74, 6) is 1.86. The summed E-state index contributed by atoms with van der Waals surface area (Å²) in [4.78, 5) is 15.2. The second kappa shape index (κ2) is 14.7. The van der Waals surface area contributed by atoms with Gasteiger partial charge in [-0.25, -0.2) is 15.0 Å². The van der Waals surface area contributed by atoms with Gasteiger partial charge in [-0.1, -0.05) is 182 Å². The number of nitrogens with zero attached hydrogens (tertiary/aromatic N) is 4. The van der Waals surface area contributed by atoms with E-state index in [1.165, 1.54) is 16.3 Å². The van der Waals surface area contributed by atoms with Crippen molar-refractivity contribution in [3.8, 4) is 73.2 Å². The maximum Gasteiger partial charge on any atom is 0.164 e. The zero-order valence-corrected chi connectivity index (χ0v) is 33.5. The number of hydrogen-bond acceptors (Lipinski definition) is 4. The third kappa shape index (κ3) is 6.06. The molecule has 12 rings (SSSR count). The number of fused-ring (bicyclic) bond motifs is 6. The molecule has 0 aliphatic heterocycles. The molecule has 62 heavy (non-hydrogen) atoms. The van der Waals surface area contributed by atoms with Crippen molar-refractivity contribution in [3.63, 3.8) is 0 Å². The van der Waals surface area contributed by atoms with E-state index in [9.17, 15) is 0 Å². The van der Waals surface area contributed by atoms with Crippen molar-refractivity contribution < 1.29 is 4.42 Å². The fourth-order valence-corrected chi connectivity index (χ4v) is 8.88. The van der Waals surface area contributed by atoms with Crippen LogP contribution in [-0.2, 0) is 0 Å². The summed E-state index contributed by atoms with van der Waals surface area (Å²) in [5, 5.41) is 4.59. The van der Waals surface area contributed by atoms with Gasteiger partial charge in [-0.05, 0) is 58.7 Å². The molecule has 3 heterocycles. The predicted molar refractivity (Wildman–Crippen MR) is 254 cm³/mol. The highest BCUT2D eigenvalue weighted by molar-refractivity contribution is 6.13. The van der Waals surface area contributed by atoms with E-state index in [1.807, 2.05) is 72.8 Å². The highest BCUT2D eigenvalue weighted by Crippen LogP contribution is 2.42. The number of furan rings is 1. The molecule has 0 saturated heterocycles. The van der Waals surface area contributed by atoms with Crippen LogP contribution < -0.4 is 0 Å². The van der Waals surface area contributed by atoms with Crippen LogP contribution in [0.1, 0.15) is 0 Å². The first-order chi connectivity index (χ1) is 30.7. The quantitative estimate of drug-likeness (QED) is 0.161. The summed E-state index contributed by atoms with van der Waals surface area (Å²) in [5.41, 5.74) is 14.4. The fraction of sp³-hybridized carbons (Fsp3) is 0. The molecule has 0 bridgehead atoms. The first-order valence-electron chi connectivity index (χ1n) is 20.8. The highest BCUT2D eigenvalue weighted by atomic mass is 16.3. The van der Waals surface area contributed by atoms with Crippen LogP contribution in [0.5, 0.6) is 0 Å². The maximum absolute atomic E-state index is 6.55. The second-order valence-electron chi connectivity index (χ2n) is 15.6. The van der Waals surface area contributed by atoms with E-state index in [2.05, 4.69) is 150 Å². The lowest BCUT2D eigenvalue weighted by atomic mass is 9.97. The van der Waals surface area contributed by atoms with Crippen molar-refractivity contribution in [1.82, 2.24) is 19.5 Å². The second-order valence-corrected chi connectivity index (χ2v) is 15.6. The molecule has 0 fully saturated rings. The van der Waals surface area contributed by atoms with Gasteiger partial charge < -0.3 is 8.98 Å². The summed E-state index contributed by atoms with van der Waals surface area (Å²) in [6.45, 7) is 0. The zero-order valence-electron chi connectivity index (χ0n) is 33.5. The van der Waals surface area contributed by atoms with Crippen LogP contribution in [0.15, 0.2) is 223 Å². The Balaban J connectivity index is 1.09. The maximum atomic E-state index is 6.55. The lowest BCUT2D eigenvalue weighted by Gasteiger charge is -2.17. The smallest absolute Gasteiger partial charge is 0.164 e. The average molecular weight is 793 g/mol. The van der Waals surface area contributed by atoms with E-state index >= 15 is 0 Å². The fourth-order valence-electron chi connectivity index (χ4n) is 8.88. The van der Waals surface area contributed by atoms with E-state index in [4.69, 9.17) is 19.4 Å². The van der Waals surface area contributed by atoms with Gasteiger partial charge in [0.1, 0.15) is 11.2 Å². The summed E-state index contributed by atoms with van der Waals surface area (Å²) in [6, 6.07) is 76.4. The van der Waals surface area contributed by atoms with E-state index in [1.54, 1.807) is 0 Å². The number of benzene rings is 9. The highest BCUT2D eigenvalue weighted by Gasteiger charge is 2.20. The largest absolute Gasteiger partial charge is 0.455 e. The molecule has 12 aromatic rings. The van der Waals surface area contributed by atoms with Crippen molar-refractivity contribution in [1.29, 1.82) is 0 Å². The van der Waals surface area contributed by atoms with Crippen LogP contribution in [-0.4, -0.2) is 19.5 Å². The third-order valence-electron chi connectivity index (χ3n) is 11.9. The summed E-state index contributed by atoms with van der Waals surface area (Å²) in [6.07, 6.45) is 0. The molecule has 290 valence electrons. The van der Waals surface area contributed by atoms with Crippen LogP contribution in [0.2, 0.25) is 0 Å². The lowest BCUT2D eigenvalue weighted by Crippen LogP contribution is -2.02. The van der Waals surface area contributed by atoms with Crippen LogP contribution in [0.25, 0.3) is 117 Å². The van der Waals surface area contributed by atoms with Crippen molar-refractivity contribution in [3.05, 3.63) is 218 Å². The Labute approximate surface area is 357 Å². The molecule has 5 heteroatoms. The van der Waals surface area contributed by atoms with Gasteiger partial charge >= 0.3 is 0 Å². The molecule has 3 aromatic heterocycles. The Bertz CT molecular complexity index is 3550. The van der Waals surface area contributed by atoms with Gasteiger partial charge in [0, 0.05) is 49.4 Å². The van der Waals surface area contributed by atoms with Crippen molar-refractivity contribution in [2.24, 2.45) is 0 Å². The van der Waals surface area contributed by atoms with Crippen molar-refractivity contribution in [2.75, 3.05) is 0 Å². The van der Waals surface area contributed by atoms with E-state index < -0.39 is 0 Å². The summed E-state index contributed by atoms with van der Waals surface area (Å²) < 4.78 is 8.96. The van der Waals surface area contributed by atoms with E-state index in [0.717, 1.165) is 83.2 Å². The minimum Gasteiger partial charge on any atom is -0.455 e. The molecule has 0 amide bonds. The zero-order chi connectivity index (χ0) is 41.0. The van der Waals surface area contributed by atoms with Crippen LogP contribution >= 0.6 is 0 Å². The first-order valence-corrected chi connectivity index (χ1v) is 20.8. The molecule has 0 spiro atoms. The summed E-state index contributed by atoms with van der Waals surface area (Å²) >= 11 is 0. The lowest BCUT2D eigenvalue weighted by molar-refractivity contribution is 0.670. The SMILES string of the molecule is c1ccc(-c2ccc(-c3cc(-c4nc(-c5ccccc5)nc(-c5ccccc5)n4)ccc3-n3c4ccccc4c4ccc(-c5cccc6c5oc5ccccc56)cc43)cc2)cc1. The van der Waals surface area contributed by atoms with Gasteiger partial charge in [-0.15, -0.1) is 0 Å². The molecule has 0 radical (unpaired) electrons. The average Bonchev–Trinajstić information content (AvgIpc) is 3.90. The van der Waals surface area contributed by atoms with E-state index in [0.29, 0.717) is 17.5 Å². The molecule has 5 nitrogen and oxygen atoms in total. The molecule has 0 aliphatic carbocycles. The Morgan fingerprint density at radius 2 is 0.823 bits per heavy atom. The molecule has 0 aliphatic rings. The van der Waals surface area contributed by atoms with Gasteiger partial charge in [-0.3, -0.25) is 0 Å². The minimum atomic E-state index is 0.606. The Hall–Kier alpha value is -8.41. The minimum absolute atomic E-state index is 0.606. The van der Waals surface area contributed by atoms with Gasteiger partial charge in [-0.2, -0.15) is 0 Å². The third-order valence-corrected chi connectivity index (χ3v) is 11.9. The van der Waals surface area contributed by atoms with Gasteiger partial charge in [0.15, 0.2) is 17.5 Å². The Morgan fingerprint density at radius 3 is 1.53 bits per heavy atom. The number of aromatic nitrogens is 4. The normalized spacial score (nSPS) is 11.5. The van der Waals surface area contributed by atoms with Crippen molar-refractivity contribution >= 4 is 43.7 Å². The topological polar surface area (TPSA) is 56.7 Å². The monoisotopic (exact) mass is 792 g/mol. The van der Waals surface area contributed by atoms with E-state index in [-0.39, 0.29) is 0 Å². The molecule has 9 aromatic carbocycles. The standard InChI is InChI=1S/C57H36N4O/c1-4-15-37(16-5-1)38-27-29-39(30-28-38)49-35-43(57-59-55(40-17-6-2-7-18-40)58-56(60-57)41-19-8-3-9-20-41)32-34-51(49)61-50-25-12-10-21-45(50)46-33-31-42(36-52(46)61)44-23-14-24-48-47-22-11-13-26-53(47)62-54(44)48/h1-36H. The van der Waals surface area contributed by atoms with Crippen LogP contribution in [0.3, 0.4) is 0 Å². The Morgan fingerprint density at radius 1 is 0.306 bits per heavy atom. The molecular formula is C57H36N4O. The molecule has 0 unspecified atom stereocenters. The number of para-hydroxylation sites is 3. The van der Waals surface area contributed by atoms with Crippen LogP contribution in [0.4, 0.5) is 0 Å². The molecule has 0 saturated carbocycles. The van der Waals surface area contributed by atoms with Crippen LogP contribution in [0, 0.1) is 0 Å². The van der Waals surface area contributed by atoms with Gasteiger partial charge in [0.05, 0.1) is 16.7 Å². The first kappa shape index (κ1) is 35.5. The molecular weight excluding hydrogens is 757 g/mol. The van der Waals surface area contributed by atoms with Gasteiger partial charge in [0.2, 0.25) is 0 Å². The van der Waals surface area contributed by atoms with Gasteiger partial charge in [0.25, 0.3) is 0 Å². The summed E-state index contributed by atoms with van der Waals surface area (Å²) in [7, 11) is 0. The number of hydrogen-bond donors (Lipinski definition) is 0. The van der Waals surface area contributed by atoms with Crippen molar-refractivity contribution in [2.45, 2.75) is 0 Å². The molecule has 0 N–H and O–H groups in total. The predicted octanol–water partition coefficient (Wildman–Crippen LogP) is 14.9. The number of rotatable bonds is 7. The molecule has 0 atom stereocenters. The Kier molecular flexibility index (Phi) is 8.42.